The average Bonchev–Trinajstić information content (AvgIpc) is 2.54. The second-order valence-electron chi connectivity index (χ2n) is 4.74. The van der Waals surface area contributed by atoms with E-state index in [2.05, 4.69) is 15.9 Å². The van der Waals surface area contributed by atoms with Crippen LogP contribution >= 0.6 is 15.9 Å². The second kappa shape index (κ2) is 7.31. The van der Waals surface area contributed by atoms with E-state index in [0.29, 0.717) is 0 Å². The summed E-state index contributed by atoms with van der Waals surface area (Å²) in [6.45, 7) is 0.0361. The fourth-order valence-electron chi connectivity index (χ4n) is 2.41. The standard InChI is InChI=1S/C16H15BrN2O4/c1-21-8-12-14(16(20)22-2)13(11(7-18)15(19)23-12)9-4-3-5-10(17)6-9/h3-6,13H,8,19H2,1-2H3. The van der Waals surface area contributed by atoms with Gasteiger partial charge in [0, 0.05) is 11.6 Å². The largest absolute Gasteiger partial charge is 0.466 e. The number of nitrogens with zero attached hydrogens (tertiary/aromatic N) is 1. The van der Waals surface area contributed by atoms with Gasteiger partial charge in [-0.1, -0.05) is 28.1 Å². The summed E-state index contributed by atoms with van der Waals surface area (Å²) in [6, 6.07) is 9.30. The first-order valence-electron chi connectivity index (χ1n) is 6.66. The summed E-state index contributed by atoms with van der Waals surface area (Å²) < 4.78 is 16.2. The predicted molar refractivity (Wildman–Crippen MR) is 85.7 cm³/mol. The van der Waals surface area contributed by atoms with E-state index >= 15 is 0 Å². The number of carbonyl (C=O) groups excluding carboxylic acids is 1. The number of nitriles is 1. The Bertz CT molecular complexity index is 734. The molecule has 0 fully saturated rings. The van der Waals surface area contributed by atoms with Crippen LogP contribution in [-0.2, 0) is 19.0 Å². The molecule has 23 heavy (non-hydrogen) atoms. The minimum atomic E-state index is -0.677. The molecule has 0 bridgehead atoms. The van der Waals surface area contributed by atoms with Gasteiger partial charge < -0.3 is 19.9 Å². The molecule has 2 rings (SSSR count). The zero-order chi connectivity index (χ0) is 17.0. The van der Waals surface area contributed by atoms with Crippen molar-refractivity contribution < 1.29 is 19.0 Å². The van der Waals surface area contributed by atoms with Gasteiger partial charge in [-0.15, -0.1) is 0 Å². The summed E-state index contributed by atoms with van der Waals surface area (Å²) in [5.41, 5.74) is 6.94. The molecule has 0 amide bonds. The third-order valence-corrected chi connectivity index (χ3v) is 3.85. The summed E-state index contributed by atoms with van der Waals surface area (Å²) in [7, 11) is 2.74. The normalized spacial score (nSPS) is 17.6. The molecule has 1 atom stereocenters. The molecule has 1 heterocycles. The van der Waals surface area contributed by atoms with Gasteiger partial charge in [0.05, 0.1) is 18.6 Å². The summed E-state index contributed by atoms with van der Waals surface area (Å²) >= 11 is 3.39. The third kappa shape index (κ3) is 3.38. The first-order valence-corrected chi connectivity index (χ1v) is 7.46. The number of benzene rings is 1. The van der Waals surface area contributed by atoms with Crippen molar-refractivity contribution in [1.82, 2.24) is 0 Å². The van der Waals surface area contributed by atoms with Crippen LogP contribution < -0.4 is 5.73 Å². The Morgan fingerprint density at radius 1 is 1.48 bits per heavy atom. The quantitative estimate of drug-likeness (QED) is 0.807. The zero-order valence-electron chi connectivity index (χ0n) is 12.6. The lowest BCUT2D eigenvalue weighted by Crippen LogP contribution is -2.27. The predicted octanol–water partition coefficient (Wildman–Crippen LogP) is 2.33. The fourth-order valence-corrected chi connectivity index (χ4v) is 2.83. The van der Waals surface area contributed by atoms with Crippen LogP contribution in [0.4, 0.5) is 0 Å². The Morgan fingerprint density at radius 3 is 2.78 bits per heavy atom. The minimum Gasteiger partial charge on any atom is -0.466 e. The maximum absolute atomic E-state index is 12.3. The number of esters is 1. The first-order chi connectivity index (χ1) is 11.0. The van der Waals surface area contributed by atoms with Crippen LogP contribution in [0.3, 0.4) is 0 Å². The SMILES string of the molecule is COCC1=C(C(=O)OC)C(c2cccc(Br)c2)C(C#N)=C(N)O1. The van der Waals surface area contributed by atoms with Crippen LogP contribution in [-0.4, -0.2) is 26.8 Å². The number of carbonyl (C=O) groups is 1. The number of halogens is 1. The van der Waals surface area contributed by atoms with Crippen LogP contribution in [0.2, 0.25) is 0 Å². The average molecular weight is 379 g/mol. The van der Waals surface area contributed by atoms with Gasteiger partial charge in [0.2, 0.25) is 5.88 Å². The van der Waals surface area contributed by atoms with Gasteiger partial charge in [-0.05, 0) is 17.7 Å². The van der Waals surface area contributed by atoms with Crippen LogP contribution in [0.15, 0.2) is 51.5 Å². The number of hydrogen-bond acceptors (Lipinski definition) is 6. The maximum Gasteiger partial charge on any atom is 0.338 e. The van der Waals surface area contributed by atoms with Crippen molar-refractivity contribution in [2.75, 3.05) is 20.8 Å². The number of rotatable bonds is 4. The molecule has 0 aromatic heterocycles. The highest BCUT2D eigenvalue weighted by Crippen LogP contribution is 2.40. The van der Waals surface area contributed by atoms with Crippen LogP contribution in [0.25, 0.3) is 0 Å². The first kappa shape index (κ1) is 17.1. The van der Waals surface area contributed by atoms with Crippen molar-refractivity contribution in [2.24, 2.45) is 5.73 Å². The molecular formula is C16H15BrN2O4. The monoisotopic (exact) mass is 378 g/mol. The van der Waals surface area contributed by atoms with E-state index in [0.717, 1.165) is 10.0 Å². The molecule has 2 N–H and O–H groups in total. The second-order valence-corrected chi connectivity index (χ2v) is 5.66. The van der Waals surface area contributed by atoms with Crippen LogP contribution in [0.1, 0.15) is 11.5 Å². The summed E-state index contributed by atoms with van der Waals surface area (Å²) in [5.74, 6) is -1.08. The smallest absolute Gasteiger partial charge is 0.338 e. The summed E-state index contributed by atoms with van der Waals surface area (Å²) in [4.78, 5) is 12.3. The van der Waals surface area contributed by atoms with E-state index in [1.54, 1.807) is 6.07 Å². The lowest BCUT2D eigenvalue weighted by atomic mass is 9.83. The van der Waals surface area contributed by atoms with E-state index in [1.165, 1.54) is 14.2 Å². The van der Waals surface area contributed by atoms with Crippen molar-refractivity contribution >= 4 is 21.9 Å². The summed E-state index contributed by atoms with van der Waals surface area (Å²) in [6.07, 6.45) is 0. The number of methoxy groups -OCH3 is 2. The zero-order valence-corrected chi connectivity index (χ0v) is 14.2. The van der Waals surface area contributed by atoms with Crippen molar-refractivity contribution in [3.05, 3.63) is 57.1 Å². The lowest BCUT2D eigenvalue weighted by Gasteiger charge is -2.27. The Labute approximate surface area is 142 Å². The molecule has 120 valence electrons. The Morgan fingerprint density at radius 2 is 2.22 bits per heavy atom. The number of nitrogens with two attached hydrogens (primary N) is 1. The van der Waals surface area contributed by atoms with E-state index in [9.17, 15) is 10.1 Å². The van der Waals surface area contributed by atoms with E-state index in [1.807, 2.05) is 24.3 Å². The Hall–Kier alpha value is -2.30. The van der Waals surface area contributed by atoms with Crippen molar-refractivity contribution in [3.8, 4) is 6.07 Å². The van der Waals surface area contributed by atoms with Crippen molar-refractivity contribution in [3.63, 3.8) is 0 Å². The molecule has 7 heteroatoms. The maximum atomic E-state index is 12.3. The van der Waals surface area contributed by atoms with Gasteiger partial charge in [0.15, 0.2) is 0 Å². The van der Waals surface area contributed by atoms with Crippen LogP contribution in [0.5, 0.6) is 0 Å². The molecule has 6 nitrogen and oxygen atoms in total. The highest BCUT2D eigenvalue weighted by atomic mass is 79.9. The number of ether oxygens (including phenoxy) is 3. The minimum absolute atomic E-state index is 0.0361. The van der Waals surface area contributed by atoms with Crippen molar-refractivity contribution in [2.45, 2.75) is 5.92 Å². The molecule has 0 saturated carbocycles. The van der Waals surface area contributed by atoms with Gasteiger partial charge in [-0.25, -0.2) is 4.79 Å². The van der Waals surface area contributed by atoms with Crippen LogP contribution in [0, 0.1) is 11.3 Å². The molecule has 1 aromatic rings. The third-order valence-electron chi connectivity index (χ3n) is 3.36. The molecule has 0 radical (unpaired) electrons. The molecular weight excluding hydrogens is 364 g/mol. The number of allylic oxidation sites excluding steroid dienone is 1. The summed E-state index contributed by atoms with van der Waals surface area (Å²) in [5, 5.41) is 9.47. The molecule has 0 saturated heterocycles. The van der Waals surface area contributed by atoms with Gasteiger partial charge in [-0.3, -0.25) is 0 Å². The molecule has 1 aliphatic heterocycles. The highest BCUT2D eigenvalue weighted by Gasteiger charge is 2.37. The topological polar surface area (TPSA) is 94.6 Å². The molecule has 1 unspecified atom stereocenters. The Kier molecular flexibility index (Phi) is 5.42. The van der Waals surface area contributed by atoms with Gasteiger partial charge in [0.25, 0.3) is 0 Å². The number of hydrogen-bond donors (Lipinski definition) is 1. The van der Waals surface area contributed by atoms with E-state index < -0.39 is 11.9 Å². The molecule has 0 spiro atoms. The van der Waals surface area contributed by atoms with Gasteiger partial charge >= 0.3 is 5.97 Å². The highest BCUT2D eigenvalue weighted by molar-refractivity contribution is 9.10. The fraction of sp³-hybridized carbons (Fsp3) is 0.250. The molecule has 1 aromatic carbocycles. The van der Waals surface area contributed by atoms with E-state index in [-0.39, 0.29) is 29.4 Å². The van der Waals surface area contributed by atoms with Gasteiger partial charge in [0.1, 0.15) is 24.0 Å². The Balaban J connectivity index is 2.68. The molecule has 1 aliphatic rings. The van der Waals surface area contributed by atoms with E-state index in [4.69, 9.17) is 19.9 Å². The molecule has 0 aliphatic carbocycles. The van der Waals surface area contributed by atoms with Gasteiger partial charge in [-0.2, -0.15) is 5.26 Å². The van der Waals surface area contributed by atoms with Crippen molar-refractivity contribution in [1.29, 1.82) is 5.26 Å². The lowest BCUT2D eigenvalue weighted by molar-refractivity contribution is -0.136.